The van der Waals surface area contributed by atoms with Gasteiger partial charge in [0.15, 0.2) is 0 Å². The molecule has 0 atom stereocenters. The van der Waals surface area contributed by atoms with Crippen LogP contribution in [0.1, 0.15) is 16.1 Å². The van der Waals surface area contributed by atoms with Crippen molar-refractivity contribution < 1.29 is 14.6 Å². The number of aryl methyl sites for hydroxylation is 1. The predicted molar refractivity (Wildman–Crippen MR) is 115 cm³/mol. The molecule has 2 N–H and O–H groups in total. The lowest BCUT2D eigenvalue weighted by Gasteiger charge is -2.14. The van der Waals surface area contributed by atoms with Gasteiger partial charge in [-0.15, -0.1) is 0 Å². The van der Waals surface area contributed by atoms with E-state index >= 15 is 0 Å². The van der Waals surface area contributed by atoms with E-state index in [1.807, 2.05) is 48.7 Å². The zero-order valence-corrected chi connectivity index (χ0v) is 16.7. The molecule has 0 fully saturated rings. The fourth-order valence-corrected chi connectivity index (χ4v) is 3.86. The van der Waals surface area contributed by atoms with Gasteiger partial charge in [-0.2, -0.15) is 16.4 Å². The van der Waals surface area contributed by atoms with Crippen LogP contribution in [0.5, 0.6) is 5.75 Å². The third-order valence-corrected chi connectivity index (χ3v) is 5.26. The van der Waals surface area contributed by atoms with Crippen molar-refractivity contribution in [2.24, 2.45) is 0 Å². The normalized spacial score (nSPS) is 10.7. The number of aromatic carboxylic acids is 1. The maximum atomic E-state index is 11.8. The number of carbonyl (C=O) groups is 1. The SMILES string of the molecule is COc1ccc(Nc2c(-c3ccsc3)c(C)nn2-c2ccccc2)c(C(=O)O)c1. The minimum atomic E-state index is -1.04. The second-order valence-corrected chi connectivity index (χ2v) is 7.19. The summed E-state index contributed by atoms with van der Waals surface area (Å²) in [6, 6.07) is 16.7. The van der Waals surface area contributed by atoms with Gasteiger partial charge in [-0.25, -0.2) is 9.48 Å². The van der Waals surface area contributed by atoms with E-state index in [1.54, 1.807) is 28.2 Å². The molecule has 2 aromatic carbocycles. The highest BCUT2D eigenvalue weighted by Crippen LogP contribution is 2.37. The Morgan fingerprint density at radius 2 is 1.97 bits per heavy atom. The summed E-state index contributed by atoms with van der Waals surface area (Å²) < 4.78 is 6.99. The molecule has 0 bridgehead atoms. The van der Waals surface area contributed by atoms with Gasteiger partial charge in [-0.1, -0.05) is 18.2 Å². The van der Waals surface area contributed by atoms with Crippen LogP contribution >= 0.6 is 11.3 Å². The van der Waals surface area contributed by atoms with Crippen molar-refractivity contribution >= 4 is 28.8 Å². The van der Waals surface area contributed by atoms with Crippen LogP contribution in [0.2, 0.25) is 0 Å². The van der Waals surface area contributed by atoms with Gasteiger partial charge in [0.2, 0.25) is 0 Å². The fraction of sp³-hybridized carbons (Fsp3) is 0.0909. The highest BCUT2D eigenvalue weighted by molar-refractivity contribution is 7.08. The van der Waals surface area contributed by atoms with Crippen LogP contribution in [0.25, 0.3) is 16.8 Å². The first-order valence-electron chi connectivity index (χ1n) is 8.94. The van der Waals surface area contributed by atoms with Crippen LogP contribution in [0.15, 0.2) is 65.4 Å². The Morgan fingerprint density at radius 1 is 1.17 bits per heavy atom. The number of anilines is 2. The molecule has 4 aromatic rings. The third kappa shape index (κ3) is 3.60. The van der Waals surface area contributed by atoms with Crippen molar-refractivity contribution in [3.05, 3.63) is 76.6 Å². The van der Waals surface area contributed by atoms with E-state index in [9.17, 15) is 9.90 Å². The molecule has 146 valence electrons. The van der Waals surface area contributed by atoms with Gasteiger partial charge in [-0.3, -0.25) is 0 Å². The van der Waals surface area contributed by atoms with Crippen molar-refractivity contribution in [3.8, 4) is 22.6 Å². The molecule has 0 aliphatic rings. The number of carboxylic acids is 1. The summed E-state index contributed by atoms with van der Waals surface area (Å²) in [5.41, 5.74) is 4.28. The van der Waals surface area contributed by atoms with E-state index in [-0.39, 0.29) is 5.56 Å². The summed E-state index contributed by atoms with van der Waals surface area (Å²) >= 11 is 1.60. The number of hydrogen-bond donors (Lipinski definition) is 2. The van der Waals surface area contributed by atoms with Gasteiger partial charge in [-0.05, 0) is 59.6 Å². The van der Waals surface area contributed by atoms with Crippen LogP contribution in [0.4, 0.5) is 11.5 Å². The van der Waals surface area contributed by atoms with Crippen molar-refractivity contribution in [2.75, 3.05) is 12.4 Å². The molecule has 0 aliphatic heterocycles. The molecule has 0 amide bonds. The number of methoxy groups -OCH3 is 1. The Labute approximate surface area is 172 Å². The Hall–Kier alpha value is -3.58. The average molecular weight is 405 g/mol. The maximum Gasteiger partial charge on any atom is 0.337 e. The van der Waals surface area contributed by atoms with Gasteiger partial charge < -0.3 is 15.2 Å². The minimum Gasteiger partial charge on any atom is -0.497 e. The molecule has 0 aliphatic carbocycles. The van der Waals surface area contributed by atoms with E-state index in [0.29, 0.717) is 17.3 Å². The Balaban J connectivity index is 1.90. The molecule has 29 heavy (non-hydrogen) atoms. The average Bonchev–Trinajstić information content (AvgIpc) is 3.36. The van der Waals surface area contributed by atoms with E-state index in [0.717, 1.165) is 22.5 Å². The van der Waals surface area contributed by atoms with Gasteiger partial charge in [0.25, 0.3) is 0 Å². The summed E-state index contributed by atoms with van der Waals surface area (Å²) in [5.74, 6) is 0.157. The first-order chi connectivity index (χ1) is 14.1. The smallest absolute Gasteiger partial charge is 0.337 e. The number of hydrogen-bond acceptors (Lipinski definition) is 5. The number of ether oxygens (including phenoxy) is 1. The minimum absolute atomic E-state index is 0.124. The number of carboxylic acid groups (broad SMARTS) is 1. The molecule has 0 radical (unpaired) electrons. The molecule has 0 saturated heterocycles. The summed E-state index contributed by atoms with van der Waals surface area (Å²) in [6.07, 6.45) is 0. The van der Waals surface area contributed by atoms with Crippen LogP contribution in [-0.4, -0.2) is 28.0 Å². The molecule has 6 nitrogen and oxygen atoms in total. The number of aromatic nitrogens is 2. The summed E-state index contributed by atoms with van der Waals surface area (Å²) in [7, 11) is 1.51. The molecule has 0 saturated carbocycles. The second kappa shape index (κ2) is 7.81. The number of nitrogens with one attached hydrogen (secondary N) is 1. The van der Waals surface area contributed by atoms with Gasteiger partial charge >= 0.3 is 5.97 Å². The maximum absolute atomic E-state index is 11.8. The lowest BCUT2D eigenvalue weighted by atomic mass is 10.1. The topological polar surface area (TPSA) is 76.4 Å². The van der Waals surface area contributed by atoms with Crippen LogP contribution in [0, 0.1) is 6.92 Å². The highest BCUT2D eigenvalue weighted by atomic mass is 32.1. The van der Waals surface area contributed by atoms with E-state index < -0.39 is 5.97 Å². The largest absolute Gasteiger partial charge is 0.497 e. The Kier molecular flexibility index (Phi) is 5.05. The molecule has 2 heterocycles. The molecule has 7 heteroatoms. The summed E-state index contributed by atoms with van der Waals surface area (Å²) in [4.78, 5) is 11.8. The quantitative estimate of drug-likeness (QED) is 0.452. The van der Waals surface area contributed by atoms with Crippen molar-refractivity contribution in [3.63, 3.8) is 0 Å². The Bertz CT molecular complexity index is 1150. The fourth-order valence-electron chi connectivity index (χ4n) is 3.21. The summed E-state index contributed by atoms with van der Waals surface area (Å²) in [6.45, 7) is 1.95. The standard InChI is InChI=1S/C22H19N3O3S/c1-14-20(15-10-11-29-13-15)21(25(24-14)16-6-4-3-5-7-16)23-19-9-8-17(28-2)12-18(19)22(26)27/h3-13,23H,1-2H3,(H,26,27). The van der Waals surface area contributed by atoms with Crippen molar-refractivity contribution in [1.82, 2.24) is 9.78 Å². The van der Waals surface area contributed by atoms with Crippen LogP contribution < -0.4 is 10.1 Å². The molecule has 4 rings (SSSR count). The van der Waals surface area contributed by atoms with E-state index in [4.69, 9.17) is 9.84 Å². The number of rotatable bonds is 6. The zero-order valence-electron chi connectivity index (χ0n) is 15.9. The lowest BCUT2D eigenvalue weighted by molar-refractivity contribution is 0.0697. The Morgan fingerprint density at radius 3 is 2.62 bits per heavy atom. The second-order valence-electron chi connectivity index (χ2n) is 6.41. The monoisotopic (exact) mass is 405 g/mol. The molecule has 0 spiro atoms. The zero-order chi connectivity index (χ0) is 20.4. The number of para-hydroxylation sites is 1. The summed E-state index contributed by atoms with van der Waals surface area (Å²) in [5, 5.41) is 21.8. The predicted octanol–water partition coefficient (Wildman–Crippen LogP) is 5.36. The highest BCUT2D eigenvalue weighted by Gasteiger charge is 2.21. The number of thiophene rings is 1. The molecular weight excluding hydrogens is 386 g/mol. The first-order valence-corrected chi connectivity index (χ1v) is 9.88. The van der Waals surface area contributed by atoms with Crippen LogP contribution in [0.3, 0.4) is 0 Å². The van der Waals surface area contributed by atoms with E-state index in [2.05, 4.69) is 10.7 Å². The first kappa shape index (κ1) is 18.8. The van der Waals surface area contributed by atoms with Crippen molar-refractivity contribution in [1.29, 1.82) is 0 Å². The number of benzene rings is 2. The van der Waals surface area contributed by atoms with Crippen molar-refractivity contribution in [2.45, 2.75) is 6.92 Å². The van der Waals surface area contributed by atoms with Crippen LogP contribution in [-0.2, 0) is 0 Å². The van der Waals surface area contributed by atoms with Gasteiger partial charge in [0.1, 0.15) is 11.6 Å². The molecular formula is C22H19N3O3S. The third-order valence-electron chi connectivity index (χ3n) is 4.58. The molecule has 2 aromatic heterocycles. The van der Waals surface area contributed by atoms with Gasteiger partial charge in [0.05, 0.1) is 29.7 Å². The van der Waals surface area contributed by atoms with Gasteiger partial charge in [0, 0.05) is 5.56 Å². The number of nitrogens with zero attached hydrogens (tertiary/aromatic N) is 2. The molecule has 0 unspecified atom stereocenters. The lowest BCUT2D eigenvalue weighted by Crippen LogP contribution is -2.07. The van der Waals surface area contributed by atoms with E-state index in [1.165, 1.54) is 13.2 Å².